The van der Waals surface area contributed by atoms with E-state index in [1.165, 1.54) is 19.3 Å². The molecule has 2 saturated carbocycles. The van der Waals surface area contributed by atoms with Crippen LogP contribution in [0.15, 0.2) is 0 Å². The van der Waals surface area contributed by atoms with Crippen molar-refractivity contribution >= 4 is 0 Å². The highest BCUT2D eigenvalue weighted by Gasteiger charge is 2.67. The molecule has 2 aliphatic rings. The lowest BCUT2D eigenvalue weighted by atomic mass is 9.99. The van der Waals surface area contributed by atoms with E-state index < -0.39 is 0 Å². The minimum absolute atomic E-state index is 0.457. The standard InChI is InChI=1S/C12H24N2/c1-11(2)10(12(11,3)4)9(14-13)7-8-5-6-8/h8-10,14H,5-7,13H2,1-4H3. The van der Waals surface area contributed by atoms with Crippen molar-refractivity contribution in [1.82, 2.24) is 5.43 Å². The number of hydrogen-bond acceptors (Lipinski definition) is 2. The first-order valence-corrected chi connectivity index (χ1v) is 5.87. The Hall–Kier alpha value is -0.0800. The van der Waals surface area contributed by atoms with Crippen molar-refractivity contribution in [2.75, 3.05) is 0 Å². The Morgan fingerprint density at radius 3 is 2.00 bits per heavy atom. The van der Waals surface area contributed by atoms with Crippen molar-refractivity contribution in [2.24, 2.45) is 28.5 Å². The second kappa shape index (κ2) is 2.96. The second-order valence-electron chi connectivity index (χ2n) is 6.37. The Balaban J connectivity index is 1.99. The molecule has 0 bridgehead atoms. The van der Waals surface area contributed by atoms with E-state index in [1.807, 2.05) is 0 Å². The Kier molecular flexibility index (Phi) is 2.20. The van der Waals surface area contributed by atoms with Gasteiger partial charge in [-0.2, -0.15) is 0 Å². The van der Waals surface area contributed by atoms with Crippen LogP contribution in [0.2, 0.25) is 0 Å². The predicted molar refractivity (Wildman–Crippen MR) is 59.5 cm³/mol. The summed E-state index contributed by atoms with van der Waals surface area (Å²) >= 11 is 0. The molecule has 3 N–H and O–H groups in total. The van der Waals surface area contributed by atoms with Crippen LogP contribution < -0.4 is 11.3 Å². The Morgan fingerprint density at radius 2 is 1.71 bits per heavy atom. The lowest BCUT2D eigenvalue weighted by Gasteiger charge is -2.17. The maximum absolute atomic E-state index is 5.68. The first-order chi connectivity index (χ1) is 6.41. The fraction of sp³-hybridized carbons (Fsp3) is 1.00. The van der Waals surface area contributed by atoms with E-state index in [0.717, 1.165) is 11.8 Å². The van der Waals surface area contributed by atoms with Gasteiger partial charge in [-0.3, -0.25) is 11.3 Å². The molecule has 2 nitrogen and oxygen atoms in total. The number of hydrazine groups is 1. The second-order valence-corrected chi connectivity index (χ2v) is 6.37. The number of rotatable bonds is 4. The van der Waals surface area contributed by atoms with Gasteiger partial charge in [0.15, 0.2) is 0 Å². The fourth-order valence-electron chi connectivity index (χ4n) is 3.27. The van der Waals surface area contributed by atoms with E-state index >= 15 is 0 Å². The van der Waals surface area contributed by atoms with Crippen molar-refractivity contribution < 1.29 is 0 Å². The zero-order valence-corrected chi connectivity index (χ0v) is 9.93. The largest absolute Gasteiger partial charge is 0.271 e. The van der Waals surface area contributed by atoms with Crippen molar-refractivity contribution in [3.05, 3.63) is 0 Å². The van der Waals surface area contributed by atoms with Crippen LogP contribution in [0.1, 0.15) is 47.0 Å². The molecule has 2 fully saturated rings. The average Bonchev–Trinajstić information content (AvgIpc) is 2.91. The third-order valence-electron chi connectivity index (χ3n) is 5.03. The van der Waals surface area contributed by atoms with Gasteiger partial charge in [0.25, 0.3) is 0 Å². The van der Waals surface area contributed by atoms with E-state index in [2.05, 4.69) is 33.1 Å². The summed E-state index contributed by atoms with van der Waals surface area (Å²) in [6, 6.07) is 0.535. The van der Waals surface area contributed by atoms with E-state index in [1.54, 1.807) is 0 Å². The number of hydrogen-bond donors (Lipinski definition) is 2. The summed E-state index contributed by atoms with van der Waals surface area (Å²) in [4.78, 5) is 0. The molecule has 0 radical (unpaired) electrons. The van der Waals surface area contributed by atoms with Crippen LogP contribution in [0.3, 0.4) is 0 Å². The van der Waals surface area contributed by atoms with Crippen LogP contribution >= 0.6 is 0 Å². The van der Waals surface area contributed by atoms with Gasteiger partial charge in [-0.15, -0.1) is 0 Å². The summed E-state index contributed by atoms with van der Waals surface area (Å²) in [5.41, 5.74) is 3.96. The first-order valence-electron chi connectivity index (χ1n) is 5.87. The van der Waals surface area contributed by atoms with Gasteiger partial charge in [0.1, 0.15) is 0 Å². The average molecular weight is 196 g/mol. The maximum atomic E-state index is 5.68. The molecule has 1 atom stereocenters. The van der Waals surface area contributed by atoms with Crippen LogP contribution in [-0.2, 0) is 0 Å². The van der Waals surface area contributed by atoms with Crippen LogP contribution in [-0.4, -0.2) is 6.04 Å². The molecule has 0 heterocycles. The highest BCUT2D eigenvalue weighted by molar-refractivity contribution is 5.16. The lowest BCUT2D eigenvalue weighted by Crippen LogP contribution is -2.39. The zero-order valence-electron chi connectivity index (χ0n) is 9.93. The summed E-state index contributed by atoms with van der Waals surface area (Å²) < 4.78 is 0. The van der Waals surface area contributed by atoms with Crippen LogP contribution in [0.25, 0.3) is 0 Å². The molecule has 0 aromatic rings. The van der Waals surface area contributed by atoms with Crippen molar-refractivity contribution in [2.45, 2.75) is 53.0 Å². The minimum atomic E-state index is 0.457. The van der Waals surface area contributed by atoms with Crippen molar-refractivity contribution in [3.8, 4) is 0 Å². The van der Waals surface area contributed by atoms with Gasteiger partial charge in [-0.25, -0.2) is 0 Å². The highest BCUT2D eigenvalue weighted by Crippen LogP contribution is 2.70. The van der Waals surface area contributed by atoms with E-state index in [9.17, 15) is 0 Å². The maximum Gasteiger partial charge on any atom is 0.0252 e. The Labute approximate surface area is 87.6 Å². The summed E-state index contributed by atoms with van der Waals surface area (Å²) in [7, 11) is 0. The van der Waals surface area contributed by atoms with Crippen molar-refractivity contribution in [1.29, 1.82) is 0 Å². The summed E-state index contributed by atoms with van der Waals surface area (Å²) in [5, 5.41) is 0. The van der Waals surface area contributed by atoms with Crippen molar-refractivity contribution in [3.63, 3.8) is 0 Å². The summed E-state index contributed by atoms with van der Waals surface area (Å²) in [6.45, 7) is 9.48. The molecule has 0 aliphatic heterocycles. The Morgan fingerprint density at radius 1 is 1.21 bits per heavy atom. The molecule has 2 heteroatoms. The van der Waals surface area contributed by atoms with E-state index in [0.29, 0.717) is 16.9 Å². The molecule has 0 aromatic carbocycles. The molecule has 2 aliphatic carbocycles. The third kappa shape index (κ3) is 1.40. The monoisotopic (exact) mass is 196 g/mol. The Bertz CT molecular complexity index is 214. The quantitative estimate of drug-likeness (QED) is 0.535. The van der Waals surface area contributed by atoms with Crippen LogP contribution in [0.4, 0.5) is 0 Å². The SMILES string of the molecule is CC1(C)C(C(CC2CC2)NN)C1(C)C. The van der Waals surface area contributed by atoms with Gasteiger partial charge in [0, 0.05) is 6.04 Å². The topological polar surface area (TPSA) is 38.0 Å². The fourth-order valence-corrected chi connectivity index (χ4v) is 3.27. The molecule has 0 amide bonds. The molecule has 82 valence electrons. The molecular formula is C12H24N2. The summed E-state index contributed by atoms with van der Waals surface area (Å²) in [6.07, 6.45) is 4.13. The molecule has 0 aromatic heterocycles. The van der Waals surface area contributed by atoms with Gasteiger partial charge in [-0.1, -0.05) is 40.5 Å². The van der Waals surface area contributed by atoms with Gasteiger partial charge in [-0.05, 0) is 29.1 Å². The highest BCUT2D eigenvalue weighted by atomic mass is 15.2. The van der Waals surface area contributed by atoms with E-state index in [-0.39, 0.29) is 0 Å². The summed E-state index contributed by atoms with van der Waals surface area (Å²) in [5.74, 6) is 7.39. The minimum Gasteiger partial charge on any atom is -0.271 e. The van der Waals surface area contributed by atoms with Gasteiger partial charge in [0.2, 0.25) is 0 Å². The number of nitrogens with one attached hydrogen (secondary N) is 1. The molecule has 14 heavy (non-hydrogen) atoms. The van der Waals surface area contributed by atoms with Gasteiger partial charge in [0.05, 0.1) is 0 Å². The smallest absolute Gasteiger partial charge is 0.0252 e. The van der Waals surface area contributed by atoms with Gasteiger partial charge < -0.3 is 0 Å². The zero-order chi connectivity index (χ0) is 10.6. The molecule has 2 rings (SSSR count). The van der Waals surface area contributed by atoms with Crippen LogP contribution in [0, 0.1) is 22.7 Å². The molecule has 0 saturated heterocycles. The van der Waals surface area contributed by atoms with Gasteiger partial charge >= 0.3 is 0 Å². The predicted octanol–water partition coefficient (Wildman–Crippen LogP) is 2.30. The molecule has 1 unspecified atom stereocenters. The van der Waals surface area contributed by atoms with Crippen LogP contribution in [0.5, 0.6) is 0 Å². The molecular weight excluding hydrogens is 172 g/mol. The first kappa shape index (κ1) is 10.4. The van der Waals surface area contributed by atoms with E-state index in [4.69, 9.17) is 5.84 Å². The third-order valence-corrected chi connectivity index (χ3v) is 5.03. The number of nitrogens with two attached hydrogens (primary N) is 1. The lowest BCUT2D eigenvalue weighted by molar-refractivity contribution is 0.368. The normalized spacial score (nSPS) is 31.5. The molecule has 0 spiro atoms.